The van der Waals surface area contributed by atoms with Crippen LogP contribution in [0.3, 0.4) is 0 Å². The number of halogens is 3. The Bertz CT molecular complexity index is 137. The van der Waals surface area contributed by atoms with Gasteiger partial charge < -0.3 is 1.43 Å². The van der Waals surface area contributed by atoms with Crippen molar-refractivity contribution in [2.45, 2.75) is 0 Å². The largest absolute Gasteiger partial charge is 1.00 e. The SMILES string of the molecule is O=S(=O)(O)O.[F][Co]([F])[F].[H-].[Li+]. The topological polar surface area (TPSA) is 74.6 Å². The van der Waals surface area contributed by atoms with Crippen molar-refractivity contribution in [3.63, 3.8) is 0 Å². The maximum absolute atomic E-state index is 9.73. The van der Waals surface area contributed by atoms with Crippen molar-refractivity contribution < 1.29 is 63.6 Å². The molecule has 0 saturated carbocycles. The molecule has 2 N–H and O–H groups in total. The van der Waals surface area contributed by atoms with Gasteiger partial charge in [0, 0.05) is 0 Å². The van der Waals surface area contributed by atoms with Gasteiger partial charge in [-0.15, -0.1) is 0 Å². The van der Waals surface area contributed by atoms with Crippen molar-refractivity contribution in [3.8, 4) is 0 Å². The van der Waals surface area contributed by atoms with E-state index in [9.17, 15) is 10.7 Å². The molecule has 0 bridgehead atoms. The summed E-state index contributed by atoms with van der Waals surface area (Å²) in [5, 5.41) is 0. The first-order valence-corrected chi connectivity index (χ1v) is 3.65. The minimum atomic E-state index is -4.67. The molecule has 10 heavy (non-hydrogen) atoms. The third kappa shape index (κ3) is 905. The molecular formula is H3CoF3LiO4S. The molecule has 64 valence electrons. The summed E-state index contributed by atoms with van der Waals surface area (Å²) >= 11 is -4.10. The van der Waals surface area contributed by atoms with E-state index in [1.807, 2.05) is 0 Å². The summed E-state index contributed by atoms with van der Waals surface area (Å²) in [5.74, 6) is 0. The second-order valence-corrected chi connectivity index (χ2v) is 1.93. The Balaban J connectivity index is -0.0000000383. The zero-order chi connectivity index (χ0) is 8.08. The number of hydrogen-bond donors (Lipinski definition) is 2. The van der Waals surface area contributed by atoms with E-state index in [0.29, 0.717) is 0 Å². The van der Waals surface area contributed by atoms with Crippen molar-refractivity contribution in [1.82, 2.24) is 0 Å². The van der Waals surface area contributed by atoms with E-state index in [0.717, 1.165) is 0 Å². The van der Waals surface area contributed by atoms with Crippen LogP contribution < -0.4 is 18.9 Å². The fraction of sp³-hybridized carbons (Fsp3) is 0. The smallest absolute Gasteiger partial charge is 1.00 e. The molecule has 0 saturated heterocycles. The Kier molecular flexibility index (Phi) is 13.4. The molecule has 0 fully saturated rings. The van der Waals surface area contributed by atoms with Crippen LogP contribution in [0.2, 0.25) is 0 Å². The molecule has 0 aromatic carbocycles. The zero-order valence-corrected chi connectivity index (χ0v) is 6.44. The predicted molar refractivity (Wildman–Crippen MR) is 18.6 cm³/mol. The van der Waals surface area contributed by atoms with Crippen LogP contribution in [0.1, 0.15) is 1.43 Å². The van der Waals surface area contributed by atoms with Crippen LogP contribution in [-0.4, -0.2) is 17.5 Å². The van der Waals surface area contributed by atoms with E-state index in [-0.39, 0.29) is 20.3 Å². The first-order valence-electron chi connectivity index (χ1n) is 1.08. The molecule has 0 aliphatic heterocycles. The molecule has 0 rings (SSSR count). The molecule has 0 radical (unpaired) electrons. The molecule has 0 aromatic rings. The molecule has 0 atom stereocenters. The first-order chi connectivity index (χ1) is 3.73. The van der Waals surface area contributed by atoms with Crippen molar-refractivity contribution in [2.24, 2.45) is 0 Å². The summed E-state index contributed by atoms with van der Waals surface area (Å²) in [6, 6.07) is 0. The average molecular weight is 222 g/mol. The molecular weight excluding hydrogens is 219 g/mol. The Labute approximate surface area is 74.1 Å². The average Bonchev–Trinajstić information content (AvgIpc) is 1.19. The Hall–Kier alpha value is 0.764. The van der Waals surface area contributed by atoms with E-state index in [4.69, 9.17) is 17.5 Å². The summed E-state index contributed by atoms with van der Waals surface area (Å²) in [6.07, 6.45) is 0. The number of rotatable bonds is 0. The zero-order valence-electron chi connectivity index (χ0n) is 5.59. The van der Waals surface area contributed by atoms with Gasteiger partial charge >= 0.3 is 55.0 Å². The fourth-order valence-electron chi connectivity index (χ4n) is 0. The van der Waals surface area contributed by atoms with Crippen LogP contribution in [0.4, 0.5) is 10.7 Å². The van der Waals surface area contributed by atoms with Crippen LogP contribution in [-0.2, 0) is 25.4 Å². The Morgan fingerprint density at radius 1 is 1.20 bits per heavy atom. The predicted octanol–water partition coefficient (Wildman–Crippen LogP) is -2.28. The van der Waals surface area contributed by atoms with Gasteiger partial charge in [-0.05, 0) is 0 Å². The van der Waals surface area contributed by atoms with Crippen molar-refractivity contribution >= 4 is 10.4 Å². The van der Waals surface area contributed by atoms with E-state index in [1.165, 1.54) is 0 Å². The van der Waals surface area contributed by atoms with Gasteiger partial charge in [0.1, 0.15) is 0 Å². The minimum Gasteiger partial charge on any atom is -1.00 e. The number of hydrogen-bond acceptors (Lipinski definition) is 2. The van der Waals surface area contributed by atoms with Gasteiger partial charge in [0.25, 0.3) is 0 Å². The van der Waals surface area contributed by atoms with Gasteiger partial charge in [0.15, 0.2) is 0 Å². The van der Waals surface area contributed by atoms with E-state index in [1.54, 1.807) is 0 Å². The molecule has 0 unspecified atom stereocenters. The first kappa shape index (κ1) is 17.0. The van der Waals surface area contributed by atoms with Crippen LogP contribution in [0.25, 0.3) is 0 Å². The molecule has 4 nitrogen and oxygen atoms in total. The second-order valence-electron chi connectivity index (χ2n) is 0.591. The summed E-state index contributed by atoms with van der Waals surface area (Å²) in [5.41, 5.74) is 0. The summed E-state index contributed by atoms with van der Waals surface area (Å²) < 4.78 is 60.8. The van der Waals surface area contributed by atoms with Crippen molar-refractivity contribution in [1.29, 1.82) is 0 Å². The third-order valence-corrected chi connectivity index (χ3v) is 0. The summed E-state index contributed by atoms with van der Waals surface area (Å²) in [4.78, 5) is 0. The Morgan fingerprint density at radius 2 is 1.20 bits per heavy atom. The quantitative estimate of drug-likeness (QED) is 0.357. The Morgan fingerprint density at radius 3 is 1.20 bits per heavy atom. The van der Waals surface area contributed by atoms with Crippen molar-refractivity contribution in [3.05, 3.63) is 0 Å². The summed E-state index contributed by atoms with van der Waals surface area (Å²) in [6.45, 7) is 0. The van der Waals surface area contributed by atoms with Gasteiger partial charge in [-0.2, -0.15) is 8.42 Å². The van der Waals surface area contributed by atoms with Crippen LogP contribution in [0, 0.1) is 0 Å². The van der Waals surface area contributed by atoms with Crippen molar-refractivity contribution in [2.75, 3.05) is 0 Å². The molecule has 10 heteroatoms. The van der Waals surface area contributed by atoms with Gasteiger partial charge in [-0.1, -0.05) is 0 Å². The van der Waals surface area contributed by atoms with Gasteiger partial charge in [-0.3, -0.25) is 9.11 Å². The van der Waals surface area contributed by atoms with E-state index in [2.05, 4.69) is 0 Å². The van der Waals surface area contributed by atoms with Crippen LogP contribution in [0.5, 0.6) is 0 Å². The minimum absolute atomic E-state index is 0. The normalized spacial score (nSPS) is 10.3. The molecule has 0 aliphatic rings. The molecule has 0 aliphatic carbocycles. The van der Waals surface area contributed by atoms with Gasteiger partial charge in [-0.25, -0.2) is 0 Å². The monoisotopic (exact) mass is 222 g/mol. The maximum atomic E-state index is 9.73. The summed E-state index contributed by atoms with van der Waals surface area (Å²) in [7, 11) is -4.67. The molecule has 0 heterocycles. The molecule has 0 aromatic heterocycles. The van der Waals surface area contributed by atoms with Crippen LogP contribution in [0.15, 0.2) is 0 Å². The van der Waals surface area contributed by atoms with E-state index < -0.39 is 25.4 Å². The van der Waals surface area contributed by atoms with Crippen LogP contribution >= 0.6 is 0 Å². The second kappa shape index (κ2) is 7.87. The van der Waals surface area contributed by atoms with Gasteiger partial charge in [0.2, 0.25) is 0 Å². The fourth-order valence-corrected chi connectivity index (χ4v) is 0. The van der Waals surface area contributed by atoms with Gasteiger partial charge in [0.05, 0.1) is 0 Å². The molecule has 0 amide bonds. The third-order valence-electron chi connectivity index (χ3n) is 0. The standard InChI is InChI=1S/Co.3FH.Li.H2O4S.H/c;;;;;1-5(2,3)4;/h;3*1H;;(H2,1,2,3,4);/q+3;;;;+1;;-1/p-3. The molecule has 0 spiro atoms. The van der Waals surface area contributed by atoms with E-state index >= 15 is 0 Å². The maximum Gasteiger partial charge on any atom is 1.00 e.